The van der Waals surface area contributed by atoms with Gasteiger partial charge in [0.05, 0.1) is 24.8 Å². The fourth-order valence-corrected chi connectivity index (χ4v) is 3.02. The second-order valence-corrected chi connectivity index (χ2v) is 6.41. The predicted molar refractivity (Wildman–Crippen MR) is 100 cm³/mol. The van der Waals surface area contributed by atoms with Crippen molar-refractivity contribution in [3.63, 3.8) is 0 Å². The van der Waals surface area contributed by atoms with E-state index in [4.69, 9.17) is 16.3 Å². The van der Waals surface area contributed by atoms with E-state index in [-0.39, 0.29) is 11.9 Å². The van der Waals surface area contributed by atoms with Crippen LogP contribution in [0.2, 0.25) is 5.02 Å². The number of ether oxygens (including phenoxy) is 1. The Balaban J connectivity index is 1.70. The third kappa shape index (κ3) is 4.69. The van der Waals surface area contributed by atoms with Crippen molar-refractivity contribution in [3.8, 4) is 0 Å². The van der Waals surface area contributed by atoms with Gasteiger partial charge >= 0.3 is 0 Å². The molecule has 26 heavy (non-hydrogen) atoms. The standard InChI is InChI=1S/C18H22ClN5O2/c1-20-18-22-10-14(11-23-18)17(25)21-12-16(24-6-8-26-9-7-24)13-2-4-15(19)5-3-13/h2-5,10-11,16H,6-9,12H2,1H3,(H,21,25)(H,20,22,23). The molecule has 1 saturated heterocycles. The van der Waals surface area contributed by atoms with Gasteiger partial charge in [0, 0.05) is 44.1 Å². The minimum absolute atomic E-state index is 0.0533. The van der Waals surface area contributed by atoms with Crippen molar-refractivity contribution < 1.29 is 9.53 Å². The molecule has 1 unspecified atom stereocenters. The molecule has 1 aliphatic heterocycles. The molecule has 3 rings (SSSR count). The first kappa shape index (κ1) is 18.6. The third-order valence-electron chi connectivity index (χ3n) is 4.33. The number of carbonyl (C=O) groups is 1. The van der Waals surface area contributed by atoms with Crippen LogP contribution >= 0.6 is 11.6 Å². The normalized spacial score (nSPS) is 16.1. The number of morpholine rings is 1. The molecular formula is C18H22ClN5O2. The molecule has 1 fully saturated rings. The number of carbonyl (C=O) groups excluding carboxylic acids is 1. The second kappa shape index (κ2) is 8.93. The van der Waals surface area contributed by atoms with E-state index in [1.165, 1.54) is 12.4 Å². The van der Waals surface area contributed by atoms with Gasteiger partial charge in [0.2, 0.25) is 5.95 Å². The second-order valence-electron chi connectivity index (χ2n) is 5.97. The zero-order valence-corrected chi connectivity index (χ0v) is 15.4. The van der Waals surface area contributed by atoms with Gasteiger partial charge in [-0.3, -0.25) is 9.69 Å². The summed E-state index contributed by atoms with van der Waals surface area (Å²) in [5.74, 6) is 0.286. The number of halogens is 1. The van der Waals surface area contributed by atoms with Gasteiger partial charge in [-0.1, -0.05) is 23.7 Å². The zero-order chi connectivity index (χ0) is 18.4. The summed E-state index contributed by atoms with van der Waals surface area (Å²) >= 11 is 6.01. The maximum absolute atomic E-state index is 12.4. The number of rotatable bonds is 6. The number of hydrogen-bond acceptors (Lipinski definition) is 6. The van der Waals surface area contributed by atoms with Crippen LogP contribution in [0.4, 0.5) is 5.95 Å². The molecule has 1 aromatic heterocycles. The molecule has 0 radical (unpaired) electrons. The Hall–Kier alpha value is -2.22. The molecular weight excluding hydrogens is 354 g/mol. The highest BCUT2D eigenvalue weighted by atomic mass is 35.5. The number of hydrogen-bond donors (Lipinski definition) is 2. The van der Waals surface area contributed by atoms with Crippen LogP contribution in [0.5, 0.6) is 0 Å². The van der Waals surface area contributed by atoms with Crippen molar-refractivity contribution in [3.05, 3.63) is 52.8 Å². The van der Waals surface area contributed by atoms with Crippen molar-refractivity contribution in [2.75, 3.05) is 45.2 Å². The number of amides is 1. The number of nitrogens with one attached hydrogen (secondary N) is 2. The predicted octanol–water partition coefficient (Wildman–Crippen LogP) is 1.98. The summed E-state index contributed by atoms with van der Waals surface area (Å²) in [6.07, 6.45) is 3.03. The maximum atomic E-state index is 12.4. The van der Waals surface area contributed by atoms with Crippen LogP contribution in [0, 0.1) is 0 Å². The molecule has 0 bridgehead atoms. The number of aromatic nitrogens is 2. The summed E-state index contributed by atoms with van der Waals surface area (Å²) in [5, 5.41) is 6.52. The molecule has 138 valence electrons. The van der Waals surface area contributed by atoms with Crippen LogP contribution in [0.25, 0.3) is 0 Å². The van der Waals surface area contributed by atoms with Gasteiger partial charge < -0.3 is 15.4 Å². The van der Waals surface area contributed by atoms with Crippen molar-refractivity contribution in [1.82, 2.24) is 20.2 Å². The highest BCUT2D eigenvalue weighted by Gasteiger charge is 2.23. The Morgan fingerprint density at radius 1 is 1.23 bits per heavy atom. The molecule has 2 aromatic rings. The number of anilines is 1. The first-order valence-corrected chi connectivity index (χ1v) is 8.90. The van der Waals surface area contributed by atoms with Crippen LogP contribution < -0.4 is 10.6 Å². The van der Waals surface area contributed by atoms with Crippen LogP contribution in [0.1, 0.15) is 22.0 Å². The first-order valence-electron chi connectivity index (χ1n) is 8.52. The van der Waals surface area contributed by atoms with Gasteiger partial charge in [0.15, 0.2) is 0 Å². The van der Waals surface area contributed by atoms with Crippen molar-refractivity contribution in [2.24, 2.45) is 0 Å². The largest absolute Gasteiger partial charge is 0.379 e. The fourth-order valence-electron chi connectivity index (χ4n) is 2.90. The minimum Gasteiger partial charge on any atom is -0.379 e. The molecule has 1 amide bonds. The summed E-state index contributed by atoms with van der Waals surface area (Å²) in [7, 11) is 1.73. The number of nitrogens with zero attached hydrogens (tertiary/aromatic N) is 3. The Morgan fingerprint density at radius 3 is 2.50 bits per heavy atom. The summed E-state index contributed by atoms with van der Waals surface area (Å²) in [6.45, 7) is 3.51. The lowest BCUT2D eigenvalue weighted by Gasteiger charge is -2.35. The molecule has 1 aromatic carbocycles. The van der Waals surface area contributed by atoms with E-state index in [1.54, 1.807) is 7.05 Å². The molecule has 7 nitrogen and oxygen atoms in total. The highest BCUT2D eigenvalue weighted by molar-refractivity contribution is 6.30. The van der Waals surface area contributed by atoms with E-state index < -0.39 is 0 Å². The lowest BCUT2D eigenvalue weighted by Crippen LogP contribution is -2.43. The first-order chi connectivity index (χ1) is 12.7. The van der Waals surface area contributed by atoms with Gasteiger partial charge in [0.1, 0.15) is 0 Å². The van der Waals surface area contributed by atoms with Gasteiger partial charge in [-0.15, -0.1) is 0 Å². The quantitative estimate of drug-likeness (QED) is 0.803. The summed E-state index contributed by atoms with van der Waals surface area (Å²) in [5.41, 5.74) is 1.54. The van der Waals surface area contributed by atoms with E-state index in [1.807, 2.05) is 24.3 Å². The summed E-state index contributed by atoms with van der Waals surface area (Å²) < 4.78 is 5.45. The molecule has 2 N–H and O–H groups in total. The summed E-state index contributed by atoms with van der Waals surface area (Å²) in [4.78, 5) is 22.9. The van der Waals surface area contributed by atoms with E-state index in [9.17, 15) is 4.79 Å². The van der Waals surface area contributed by atoms with E-state index >= 15 is 0 Å². The van der Waals surface area contributed by atoms with E-state index in [2.05, 4.69) is 25.5 Å². The van der Waals surface area contributed by atoms with Crippen LogP contribution in [0.15, 0.2) is 36.7 Å². The van der Waals surface area contributed by atoms with Crippen molar-refractivity contribution >= 4 is 23.5 Å². The fraction of sp³-hybridized carbons (Fsp3) is 0.389. The minimum atomic E-state index is -0.195. The average Bonchev–Trinajstić information content (AvgIpc) is 2.70. The molecule has 2 heterocycles. The van der Waals surface area contributed by atoms with E-state index in [0.717, 1.165) is 18.7 Å². The number of benzene rings is 1. The highest BCUT2D eigenvalue weighted by Crippen LogP contribution is 2.23. The Bertz CT molecular complexity index is 717. The van der Waals surface area contributed by atoms with Gasteiger partial charge in [-0.05, 0) is 17.7 Å². The lowest BCUT2D eigenvalue weighted by molar-refractivity contribution is 0.0162. The molecule has 1 atom stereocenters. The Morgan fingerprint density at radius 2 is 1.88 bits per heavy atom. The topological polar surface area (TPSA) is 79.4 Å². The Labute approximate surface area is 157 Å². The molecule has 8 heteroatoms. The Kier molecular flexibility index (Phi) is 6.38. The van der Waals surface area contributed by atoms with Gasteiger partial charge in [-0.25, -0.2) is 9.97 Å². The van der Waals surface area contributed by atoms with Crippen molar-refractivity contribution in [2.45, 2.75) is 6.04 Å². The SMILES string of the molecule is CNc1ncc(C(=O)NCC(c2ccc(Cl)cc2)N2CCOCC2)cn1. The lowest BCUT2D eigenvalue weighted by atomic mass is 10.0. The van der Waals surface area contributed by atoms with Gasteiger partial charge in [-0.2, -0.15) is 0 Å². The smallest absolute Gasteiger partial charge is 0.254 e. The van der Waals surface area contributed by atoms with Crippen LogP contribution in [-0.2, 0) is 4.74 Å². The van der Waals surface area contributed by atoms with Crippen LogP contribution in [-0.4, -0.2) is 60.7 Å². The summed E-state index contributed by atoms with van der Waals surface area (Å²) in [6, 6.07) is 7.80. The molecule has 1 aliphatic rings. The molecule has 0 spiro atoms. The van der Waals surface area contributed by atoms with E-state index in [0.29, 0.717) is 36.3 Å². The average molecular weight is 376 g/mol. The maximum Gasteiger partial charge on any atom is 0.254 e. The van der Waals surface area contributed by atoms with Gasteiger partial charge in [0.25, 0.3) is 5.91 Å². The van der Waals surface area contributed by atoms with Crippen molar-refractivity contribution in [1.29, 1.82) is 0 Å². The zero-order valence-electron chi connectivity index (χ0n) is 14.6. The molecule has 0 saturated carbocycles. The third-order valence-corrected chi connectivity index (χ3v) is 4.59. The van der Waals surface area contributed by atoms with Crippen LogP contribution in [0.3, 0.4) is 0 Å². The monoisotopic (exact) mass is 375 g/mol. The molecule has 0 aliphatic carbocycles.